The number of hydrogen-bond donors (Lipinski definition) is 1. The number of thiazole rings is 1. The second-order valence-corrected chi connectivity index (χ2v) is 6.95. The van der Waals surface area contributed by atoms with Gasteiger partial charge in [0.25, 0.3) is 5.91 Å². The Balaban J connectivity index is 1.62. The van der Waals surface area contributed by atoms with Gasteiger partial charge < -0.3 is 13.9 Å². The Kier molecular flexibility index (Phi) is 5.46. The summed E-state index contributed by atoms with van der Waals surface area (Å²) in [5.74, 6) is 0.851. The van der Waals surface area contributed by atoms with Crippen LogP contribution in [0.15, 0.2) is 22.6 Å². The first kappa shape index (κ1) is 18.9. The summed E-state index contributed by atoms with van der Waals surface area (Å²) in [5.41, 5.74) is 1.84. The number of nitrogens with zero attached hydrogens (tertiary/aromatic N) is 1. The van der Waals surface area contributed by atoms with Gasteiger partial charge in [-0.1, -0.05) is 11.3 Å². The summed E-state index contributed by atoms with van der Waals surface area (Å²) in [5, 5.41) is 3.09. The normalized spacial score (nSPS) is 10.8. The fraction of sp³-hybridized carbons (Fsp3) is 0.316. The van der Waals surface area contributed by atoms with Gasteiger partial charge in [0.05, 0.1) is 16.8 Å². The topological polar surface area (TPSA) is 90.7 Å². The van der Waals surface area contributed by atoms with E-state index in [0.717, 1.165) is 16.0 Å². The molecule has 8 heteroatoms. The highest BCUT2D eigenvalue weighted by atomic mass is 32.1. The molecule has 0 aliphatic carbocycles. The van der Waals surface area contributed by atoms with Crippen LogP contribution in [0.1, 0.15) is 34.4 Å². The number of anilines is 1. The average Bonchev–Trinajstić information content (AvgIpc) is 3.12. The van der Waals surface area contributed by atoms with E-state index in [2.05, 4.69) is 10.3 Å². The number of ether oxygens (including phenoxy) is 2. The molecule has 142 valence electrons. The number of carbonyl (C=O) groups is 2. The van der Waals surface area contributed by atoms with Crippen molar-refractivity contribution in [2.24, 2.45) is 0 Å². The van der Waals surface area contributed by atoms with E-state index in [1.807, 2.05) is 25.1 Å². The summed E-state index contributed by atoms with van der Waals surface area (Å²) in [6.45, 7) is 7.33. The number of furan rings is 1. The third-order valence-electron chi connectivity index (χ3n) is 4.02. The monoisotopic (exact) mass is 388 g/mol. The second kappa shape index (κ2) is 7.79. The molecular formula is C19H20N2O5S. The van der Waals surface area contributed by atoms with Gasteiger partial charge in [0.1, 0.15) is 22.8 Å². The van der Waals surface area contributed by atoms with Crippen LogP contribution in [0.4, 0.5) is 5.13 Å². The first-order valence-electron chi connectivity index (χ1n) is 8.46. The second-order valence-electron chi connectivity index (χ2n) is 5.92. The maximum absolute atomic E-state index is 12.2. The van der Waals surface area contributed by atoms with E-state index in [-0.39, 0.29) is 0 Å². The predicted octanol–water partition coefficient (Wildman–Crippen LogP) is 4.01. The summed E-state index contributed by atoms with van der Waals surface area (Å²) >= 11 is 1.33. The third kappa shape index (κ3) is 4.11. The van der Waals surface area contributed by atoms with Crippen LogP contribution in [0.3, 0.4) is 0 Å². The van der Waals surface area contributed by atoms with Gasteiger partial charge in [0.15, 0.2) is 11.7 Å². The van der Waals surface area contributed by atoms with E-state index in [1.165, 1.54) is 11.3 Å². The Bertz CT molecular complexity index is 1010. The van der Waals surface area contributed by atoms with Crippen molar-refractivity contribution in [2.75, 3.05) is 18.5 Å². The van der Waals surface area contributed by atoms with E-state index in [1.54, 1.807) is 20.8 Å². The van der Waals surface area contributed by atoms with Crippen molar-refractivity contribution in [3.8, 4) is 5.75 Å². The van der Waals surface area contributed by atoms with Gasteiger partial charge in [-0.25, -0.2) is 9.78 Å². The number of amides is 1. The molecule has 0 aliphatic heterocycles. The van der Waals surface area contributed by atoms with Gasteiger partial charge in [-0.3, -0.25) is 10.1 Å². The highest BCUT2D eigenvalue weighted by Gasteiger charge is 2.21. The minimum Gasteiger partial charge on any atom is -0.494 e. The number of carbonyl (C=O) groups excluding carboxylic acids is 2. The van der Waals surface area contributed by atoms with Crippen molar-refractivity contribution in [3.63, 3.8) is 0 Å². The van der Waals surface area contributed by atoms with Crippen LogP contribution in [0.5, 0.6) is 5.75 Å². The number of fused-ring (bicyclic) bond motifs is 1. The number of nitrogens with one attached hydrogen (secondary N) is 1. The molecule has 0 radical (unpaired) electrons. The lowest BCUT2D eigenvalue weighted by atomic mass is 10.1. The minimum atomic E-state index is -0.581. The molecule has 0 bridgehead atoms. The number of benzene rings is 1. The molecule has 0 atom stereocenters. The lowest BCUT2D eigenvalue weighted by Crippen LogP contribution is -2.21. The Morgan fingerprint density at radius 2 is 2.00 bits per heavy atom. The Labute approximate surface area is 160 Å². The maximum atomic E-state index is 12.2. The molecule has 1 aromatic carbocycles. The molecule has 3 rings (SSSR count). The van der Waals surface area contributed by atoms with Gasteiger partial charge in [-0.05, 0) is 45.9 Å². The Morgan fingerprint density at radius 1 is 1.22 bits per heavy atom. The lowest BCUT2D eigenvalue weighted by molar-refractivity contribution is -0.119. The van der Waals surface area contributed by atoms with Crippen molar-refractivity contribution in [1.82, 2.24) is 4.98 Å². The van der Waals surface area contributed by atoms with Gasteiger partial charge in [-0.15, -0.1) is 0 Å². The van der Waals surface area contributed by atoms with Crippen LogP contribution < -0.4 is 10.1 Å². The van der Waals surface area contributed by atoms with Crippen LogP contribution in [0.2, 0.25) is 0 Å². The molecule has 7 nitrogen and oxygen atoms in total. The van der Waals surface area contributed by atoms with Crippen LogP contribution in [-0.2, 0) is 9.53 Å². The van der Waals surface area contributed by atoms with Crippen LogP contribution in [-0.4, -0.2) is 30.1 Å². The largest absolute Gasteiger partial charge is 0.494 e. The van der Waals surface area contributed by atoms with E-state index in [4.69, 9.17) is 13.9 Å². The van der Waals surface area contributed by atoms with E-state index < -0.39 is 18.5 Å². The minimum absolute atomic E-state index is 0.365. The number of aromatic nitrogens is 1. The van der Waals surface area contributed by atoms with Gasteiger partial charge in [0.2, 0.25) is 0 Å². The first-order valence-corrected chi connectivity index (χ1v) is 9.27. The molecule has 0 fully saturated rings. The molecule has 27 heavy (non-hydrogen) atoms. The van der Waals surface area contributed by atoms with Gasteiger partial charge in [-0.2, -0.15) is 0 Å². The number of aryl methyl sites for hydroxylation is 2. The SMILES string of the molecule is CCOc1ccc2nc(NC(=O)COC(=O)c3c(C)oc(C)c3C)sc2c1. The van der Waals surface area contributed by atoms with Crippen molar-refractivity contribution in [3.05, 3.63) is 40.8 Å². The van der Waals surface area contributed by atoms with E-state index >= 15 is 0 Å². The van der Waals surface area contributed by atoms with Crippen molar-refractivity contribution in [2.45, 2.75) is 27.7 Å². The maximum Gasteiger partial charge on any atom is 0.342 e. The van der Waals surface area contributed by atoms with Gasteiger partial charge >= 0.3 is 5.97 Å². The third-order valence-corrected chi connectivity index (χ3v) is 4.95. The standard InChI is InChI=1S/C19H20N2O5S/c1-5-24-13-6-7-14-15(8-13)27-19(20-14)21-16(22)9-25-18(23)17-10(2)11(3)26-12(17)4/h6-8H,5,9H2,1-4H3,(H,20,21,22). The summed E-state index contributed by atoms with van der Waals surface area (Å²) in [6, 6.07) is 5.54. The molecule has 2 aromatic heterocycles. The number of hydrogen-bond acceptors (Lipinski definition) is 7. The van der Waals surface area contributed by atoms with E-state index in [9.17, 15) is 9.59 Å². The van der Waals surface area contributed by atoms with Crippen LogP contribution >= 0.6 is 11.3 Å². The van der Waals surface area contributed by atoms with Crippen LogP contribution in [0.25, 0.3) is 10.2 Å². The fourth-order valence-electron chi connectivity index (χ4n) is 2.67. The molecule has 1 amide bonds. The van der Waals surface area contributed by atoms with Gasteiger partial charge in [0, 0.05) is 5.56 Å². The lowest BCUT2D eigenvalue weighted by Gasteiger charge is -2.04. The van der Waals surface area contributed by atoms with Crippen molar-refractivity contribution < 1.29 is 23.5 Å². The highest BCUT2D eigenvalue weighted by Crippen LogP contribution is 2.29. The number of esters is 1. The van der Waals surface area contributed by atoms with Crippen LogP contribution in [0, 0.1) is 20.8 Å². The van der Waals surface area contributed by atoms with E-state index in [0.29, 0.717) is 34.4 Å². The molecule has 0 saturated heterocycles. The molecule has 0 aliphatic rings. The molecule has 1 N–H and O–H groups in total. The van der Waals surface area contributed by atoms with Crippen molar-refractivity contribution in [1.29, 1.82) is 0 Å². The predicted molar refractivity (Wildman–Crippen MR) is 103 cm³/mol. The smallest absolute Gasteiger partial charge is 0.342 e. The number of rotatable bonds is 6. The zero-order valence-corrected chi connectivity index (χ0v) is 16.4. The average molecular weight is 388 g/mol. The fourth-order valence-corrected chi connectivity index (χ4v) is 3.58. The summed E-state index contributed by atoms with van der Waals surface area (Å²) in [4.78, 5) is 28.7. The first-order chi connectivity index (χ1) is 12.9. The molecule has 0 saturated carbocycles. The molecular weight excluding hydrogens is 368 g/mol. The zero-order chi connectivity index (χ0) is 19.6. The molecule has 0 spiro atoms. The quantitative estimate of drug-likeness (QED) is 0.642. The Morgan fingerprint density at radius 3 is 2.67 bits per heavy atom. The summed E-state index contributed by atoms with van der Waals surface area (Å²) < 4.78 is 16.9. The molecule has 3 aromatic rings. The zero-order valence-electron chi connectivity index (χ0n) is 15.5. The molecule has 0 unspecified atom stereocenters. The Hall–Kier alpha value is -2.87. The summed E-state index contributed by atoms with van der Waals surface area (Å²) in [6.07, 6.45) is 0. The molecule has 2 heterocycles. The highest BCUT2D eigenvalue weighted by molar-refractivity contribution is 7.22. The summed E-state index contributed by atoms with van der Waals surface area (Å²) in [7, 11) is 0. The van der Waals surface area contributed by atoms with Crippen molar-refractivity contribution >= 4 is 38.6 Å².